The quantitative estimate of drug-likeness (QED) is 0.213. The minimum Gasteiger partial charge on any atom is -0.382 e. The number of fused-ring (bicyclic) bond motifs is 2. The summed E-state index contributed by atoms with van der Waals surface area (Å²) in [4.78, 5) is 26.0. The monoisotopic (exact) mass is 585 g/mol. The molecule has 1 atom stereocenters. The molecule has 0 radical (unpaired) electrons. The number of aromatic amines is 1. The number of rotatable bonds is 7. The molecule has 0 unspecified atom stereocenters. The number of halogens is 3. The van der Waals surface area contributed by atoms with Crippen molar-refractivity contribution in [1.29, 1.82) is 0 Å². The molecule has 42 heavy (non-hydrogen) atoms. The Balaban J connectivity index is 1.44. The lowest BCUT2D eigenvalue weighted by molar-refractivity contribution is -0.121. The standard InChI is InChI=1S/C31H26ClF2N7O/c1-16-7-8-20(21-9-10-22(32)28-30(21)41(2)40-31(28)35)29(36-16)25(13-17-11-18(33)14-19(34)12-17)39-27(42)15-26-37-23-5-3-4-6-24(23)38-26/h3-12,14,25H,13,15H2,1-2H3,(H2,35,40)(H,37,38)(H,39,42)/t25-/m0/s1. The normalized spacial score (nSPS) is 12.2. The zero-order valence-corrected chi connectivity index (χ0v) is 23.5. The van der Waals surface area contributed by atoms with Gasteiger partial charge < -0.3 is 16.0 Å². The Morgan fingerprint density at radius 2 is 1.79 bits per heavy atom. The lowest BCUT2D eigenvalue weighted by atomic mass is 9.93. The van der Waals surface area contributed by atoms with Crippen LogP contribution in [0, 0.1) is 18.6 Å². The predicted octanol–water partition coefficient (Wildman–Crippen LogP) is 5.98. The van der Waals surface area contributed by atoms with Gasteiger partial charge >= 0.3 is 0 Å². The lowest BCUT2D eigenvalue weighted by Crippen LogP contribution is -2.32. The number of H-pyrrole nitrogens is 1. The Bertz CT molecular complexity index is 1930. The molecule has 0 saturated heterocycles. The molecule has 0 aliphatic heterocycles. The van der Waals surface area contributed by atoms with Gasteiger partial charge in [-0.15, -0.1) is 0 Å². The Kier molecular flexibility index (Phi) is 7.07. The fourth-order valence-corrected chi connectivity index (χ4v) is 5.61. The van der Waals surface area contributed by atoms with Gasteiger partial charge in [-0.2, -0.15) is 5.10 Å². The van der Waals surface area contributed by atoms with Gasteiger partial charge in [0.05, 0.1) is 45.1 Å². The number of pyridine rings is 1. The minimum absolute atomic E-state index is 0.0344. The second kappa shape index (κ2) is 10.9. The largest absolute Gasteiger partial charge is 0.382 e. The third-order valence-corrected chi connectivity index (χ3v) is 7.43. The number of hydrogen-bond acceptors (Lipinski definition) is 5. The van der Waals surface area contributed by atoms with Gasteiger partial charge in [-0.05, 0) is 55.3 Å². The zero-order chi connectivity index (χ0) is 29.5. The zero-order valence-electron chi connectivity index (χ0n) is 22.8. The predicted molar refractivity (Wildman–Crippen MR) is 159 cm³/mol. The van der Waals surface area contributed by atoms with E-state index in [-0.39, 0.29) is 24.6 Å². The number of hydrogen-bond donors (Lipinski definition) is 3. The van der Waals surface area contributed by atoms with Crippen molar-refractivity contribution in [3.05, 3.63) is 106 Å². The fraction of sp³-hybridized carbons (Fsp3) is 0.161. The van der Waals surface area contributed by atoms with E-state index in [1.165, 1.54) is 12.1 Å². The molecule has 8 nitrogen and oxygen atoms in total. The number of carbonyl (C=O) groups is 1. The molecule has 212 valence electrons. The van der Waals surface area contributed by atoms with Crippen LogP contribution in [0.3, 0.4) is 0 Å². The molecular formula is C31H26ClF2N7O. The van der Waals surface area contributed by atoms with E-state index in [1.54, 1.807) is 17.8 Å². The van der Waals surface area contributed by atoms with E-state index in [2.05, 4.69) is 20.4 Å². The van der Waals surface area contributed by atoms with Crippen LogP contribution in [-0.2, 0) is 24.7 Å². The molecule has 0 fully saturated rings. The van der Waals surface area contributed by atoms with Crippen LogP contribution in [0.4, 0.5) is 14.6 Å². The first kappa shape index (κ1) is 27.3. The molecule has 0 spiro atoms. The lowest BCUT2D eigenvalue weighted by Gasteiger charge is -2.22. The average Bonchev–Trinajstić information content (AvgIpc) is 3.47. The molecule has 1 amide bonds. The van der Waals surface area contributed by atoms with Crippen LogP contribution in [0.25, 0.3) is 33.1 Å². The van der Waals surface area contributed by atoms with Crippen LogP contribution in [0.15, 0.2) is 66.7 Å². The molecule has 4 N–H and O–H groups in total. The highest BCUT2D eigenvalue weighted by Crippen LogP contribution is 2.38. The summed E-state index contributed by atoms with van der Waals surface area (Å²) in [6.45, 7) is 1.84. The Morgan fingerprint density at radius 3 is 2.55 bits per heavy atom. The summed E-state index contributed by atoms with van der Waals surface area (Å²) in [5, 5.41) is 8.46. The first-order valence-electron chi connectivity index (χ1n) is 13.2. The van der Waals surface area contributed by atoms with E-state index < -0.39 is 17.7 Å². The summed E-state index contributed by atoms with van der Waals surface area (Å²) in [5.74, 6) is -0.978. The number of aromatic nitrogens is 5. The van der Waals surface area contributed by atoms with Crippen LogP contribution >= 0.6 is 11.6 Å². The number of nitrogen functional groups attached to an aromatic ring is 1. The van der Waals surface area contributed by atoms with E-state index in [1.807, 2.05) is 49.4 Å². The van der Waals surface area contributed by atoms with Gasteiger partial charge in [0.1, 0.15) is 17.5 Å². The van der Waals surface area contributed by atoms with E-state index in [0.717, 1.165) is 22.7 Å². The highest BCUT2D eigenvalue weighted by molar-refractivity contribution is 6.37. The molecule has 3 aromatic carbocycles. The van der Waals surface area contributed by atoms with Crippen LogP contribution in [-0.4, -0.2) is 30.6 Å². The average molecular weight is 586 g/mol. The van der Waals surface area contributed by atoms with E-state index in [9.17, 15) is 13.6 Å². The maximum absolute atomic E-state index is 14.2. The number of carbonyl (C=O) groups excluding carboxylic acids is 1. The van der Waals surface area contributed by atoms with Crippen molar-refractivity contribution < 1.29 is 13.6 Å². The van der Waals surface area contributed by atoms with Crippen LogP contribution in [0.2, 0.25) is 5.02 Å². The van der Waals surface area contributed by atoms with Crippen molar-refractivity contribution in [3.8, 4) is 11.1 Å². The highest BCUT2D eigenvalue weighted by atomic mass is 35.5. The van der Waals surface area contributed by atoms with Gasteiger partial charge in [0.15, 0.2) is 5.82 Å². The first-order valence-corrected chi connectivity index (χ1v) is 13.6. The Labute approximate surface area is 244 Å². The third-order valence-electron chi connectivity index (χ3n) is 7.11. The Morgan fingerprint density at radius 1 is 1.05 bits per heavy atom. The van der Waals surface area contributed by atoms with Gasteiger partial charge in [-0.1, -0.05) is 35.9 Å². The number of nitrogens with two attached hydrogens (primary N) is 1. The van der Waals surface area contributed by atoms with E-state index in [4.69, 9.17) is 22.3 Å². The maximum atomic E-state index is 14.2. The van der Waals surface area contributed by atoms with E-state index in [0.29, 0.717) is 44.3 Å². The van der Waals surface area contributed by atoms with E-state index >= 15 is 0 Å². The second-order valence-electron chi connectivity index (χ2n) is 10.2. The number of nitrogens with zero attached hydrogens (tertiary/aromatic N) is 4. The summed E-state index contributed by atoms with van der Waals surface area (Å²) in [6.07, 6.45) is 0.0432. The van der Waals surface area contributed by atoms with Crippen molar-refractivity contribution >= 4 is 45.3 Å². The van der Waals surface area contributed by atoms with Crippen LogP contribution < -0.4 is 11.1 Å². The van der Waals surface area contributed by atoms with Gasteiger partial charge in [-0.3, -0.25) is 14.5 Å². The fourth-order valence-electron chi connectivity index (χ4n) is 5.36. The van der Waals surface area contributed by atoms with Gasteiger partial charge in [0, 0.05) is 29.9 Å². The van der Waals surface area contributed by atoms with Crippen LogP contribution in [0.1, 0.15) is 28.8 Å². The topological polar surface area (TPSA) is 115 Å². The second-order valence-corrected chi connectivity index (χ2v) is 10.6. The van der Waals surface area contributed by atoms with Crippen molar-refractivity contribution in [3.63, 3.8) is 0 Å². The molecule has 6 aromatic rings. The molecule has 0 saturated carbocycles. The molecular weight excluding hydrogens is 560 g/mol. The maximum Gasteiger partial charge on any atom is 0.228 e. The van der Waals surface area contributed by atoms with Gasteiger partial charge in [-0.25, -0.2) is 13.8 Å². The van der Waals surface area contributed by atoms with Crippen molar-refractivity contribution in [2.45, 2.75) is 25.8 Å². The van der Waals surface area contributed by atoms with Crippen LogP contribution in [0.5, 0.6) is 0 Å². The van der Waals surface area contributed by atoms with Crippen molar-refractivity contribution in [2.24, 2.45) is 7.05 Å². The van der Waals surface area contributed by atoms with Crippen molar-refractivity contribution in [2.75, 3.05) is 5.73 Å². The minimum atomic E-state index is -0.755. The summed E-state index contributed by atoms with van der Waals surface area (Å²) < 4.78 is 30.1. The number of imidazole rings is 1. The smallest absolute Gasteiger partial charge is 0.228 e. The molecule has 6 rings (SSSR count). The summed E-state index contributed by atoms with van der Waals surface area (Å²) in [7, 11) is 1.77. The molecule has 0 aliphatic rings. The van der Waals surface area contributed by atoms with Gasteiger partial charge in [0.25, 0.3) is 0 Å². The molecule has 0 aliphatic carbocycles. The first-order chi connectivity index (χ1) is 20.2. The molecule has 3 heterocycles. The number of nitrogens with one attached hydrogen (secondary N) is 2. The number of aryl methyl sites for hydroxylation is 2. The molecule has 0 bridgehead atoms. The molecule has 11 heteroatoms. The molecule has 3 aromatic heterocycles. The Hall–Kier alpha value is -4.83. The summed E-state index contributed by atoms with van der Waals surface area (Å²) >= 11 is 6.49. The number of anilines is 1. The van der Waals surface area contributed by atoms with Crippen molar-refractivity contribution in [1.82, 2.24) is 30.0 Å². The number of benzene rings is 3. The highest BCUT2D eigenvalue weighted by Gasteiger charge is 2.25. The summed E-state index contributed by atoms with van der Waals surface area (Å²) in [6, 6.07) is 17.4. The van der Waals surface area contributed by atoms with Gasteiger partial charge in [0.2, 0.25) is 5.91 Å². The SMILES string of the molecule is Cc1ccc(-c2ccc(Cl)c3c(N)nn(C)c23)c([C@H](Cc2cc(F)cc(F)c2)NC(=O)Cc2nc3ccccc3[nH]2)n1. The number of amides is 1. The third kappa shape index (κ3) is 5.28. The summed E-state index contributed by atoms with van der Waals surface area (Å²) in [5.41, 5.74) is 11.4. The number of para-hydroxylation sites is 2.